The van der Waals surface area contributed by atoms with Crippen LogP contribution in [0, 0.1) is 0 Å². The van der Waals surface area contributed by atoms with Gasteiger partial charge in [0.15, 0.2) is 0 Å². The molecule has 0 aliphatic carbocycles. The highest BCUT2D eigenvalue weighted by molar-refractivity contribution is 7.89. The van der Waals surface area contributed by atoms with Gasteiger partial charge >= 0.3 is 6.09 Å². The number of nitrogens with two attached hydrogens (primary N) is 1. The first-order valence-corrected chi connectivity index (χ1v) is 10.8. The highest BCUT2D eigenvalue weighted by atomic mass is 32.2. The first kappa shape index (κ1) is 23.4. The summed E-state index contributed by atoms with van der Waals surface area (Å²) in [5, 5.41) is 7.73. The van der Waals surface area contributed by atoms with Gasteiger partial charge in [-0.05, 0) is 63.6 Å². The Morgan fingerprint density at radius 2 is 1.70 bits per heavy atom. The summed E-state index contributed by atoms with van der Waals surface area (Å²) in [6, 6.07) is 12.3. The monoisotopic (exact) mass is 433 g/mol. The third-order valence-corrected chi connectivity index (χ3v) is 5.28. The van der Waals surface area contributed by atoms with Crippen LogP contribution in [0.1, 0.15) is 49.7 Å². The molecule has 1 atom stereocenters. The van der Waals surface area contributed by atoms with Gasteiger partial charge in [0.2, 0.25) is 10.0 Å². The number of sulfonamides is 1. The van der Waals surface area contributed by atoms with E-state index < -0.39 is 21.7 Å². The zero-order chi connectivity index (χ0) is 22.7. The van der Waals surface area contributed by atoms with E-state index in [4.69, 9.17) is 9.88 Å². The van der Waals surface area contributed by atoms with E-state index >= 15 is 0 Å². The van der Waals surface area contributed by atoms with E-state index in [0.29, 0.717) is 11.3 Å². The molecule has 2 aromatic carbocycles. The number of ether oxygens (including phenoxy) is 1. The molecule has 1 unspecified atom stereocenters. The standard InChI is InChI=1S/C21H27N3O5S/c1-14(15-9-11-18(12-10-15)30(22,27)28)24(5)19(25)16-7-6-8-17(13-16)23-20(26)29-21(2,3)4/h6-14H,1-5H3,(H,23,26)(H2,22,27,28). The number of primary sulfonamides is 1. The maximum atomic E-state index is 12.9. The Bertz CT molecular complexity index is 1030. The predicted molar refractivity (Wildman–Crippen MR) is 115 cm³/mol. The summed E-state index contributed by atoms with van der Waals surface area (Å²) in [6.45, 7) is 7.11. The van der Waals surface area contributed by atoms with E-state index in [9.17, 15) is 18.0 Å². The van der Waals surface area contributed by atoms with Crippen LogP contribution in [0.5, 0.6) is 0 Å². The Kier molecular flexibility index (Phi) is 6.89. The molecule has 9 heteroatoms. The fraction of sp³-hybridized carbons (Fsp3) is 0.333. The molecule has 8 nitrogen and oxygen atoms in total. The van der Waals surface area contributed by atoms with Crippen molar-refractivity contribution >= 4 is 27.7 Å². The Balaban J connectivity index is 2.14. The summed E-state index contributed by atoms with van der Waals surface area (Å²) in [6.07, 6.45) is -0.608. The van der Waals surface area contributed by atoms with Crippen molar-refractivity contribution < 1.29 is 22.7 Å². The van der Waals surface area contributed by atoms with Gasteiger partial charge in [0, 0.05) is 18.3 Å². The minimum Gasteiger partial charge on any atom is -0.444 e. The molecular formula is C21H27N3O5S. The molecule has 0 aromatic heterocycles. The van der Waals surface area contributed by atoms with Crippen molar-refractivity contribution in [2.24, 2.45) is 5.14 Å². The number of nitrogens with one attached hydrogen (secondary N) is 1. The molecule has 30 heavy (non-hydrogen) atoms. The van der Waals surface area contributed by atoms with E-state index in [0.717, 1.165) is 5.56 Å². The average Bonchev–Trinajstić information content (AvgIpc) is 2.64. The van der Waals surface area contributed by atoms with Gasteiger partial charge in [-0.15, -0.1) is 0 Å². The molecule has 0 heterocycles. The molecule has 0 aliphatic heterocycles. The zero-order valence-electron chi connectivity index (χ0n) is 17.7. The largest absolute Gasteiger partial charge is 0.444 e. The minimum absolute atomic E-state index is 0.00773. The van der Waals surface area contributed by atoms with Crippen molar-refractivity contribution in [3.63, 3.8) is 0 Å². The highest BCUT2D eigenvalue weighted by Gasteiger charge is 2.21. The maximum Gasteiger partial charge on any atom is 0.412 e. The Morgan fingerprint density at radius 3 is 2.23 bits per heavy atom. The lowest BCUT2D eigenvalue weighted by Crippen LogP contribution is -2.30. The number of hydrogen-bond acceptors (Lipinski definition) is 5. The number of anilines is 1. The van der Waals surface area contributed by atoms with Crippen molar-refractivity contribution in [1.29, 1.82) is 0 Å². The molecule has 0 fully saturated rings. The van der Waals surface area contributed by atoms with Crippen molar-refractivity contribution in [1.82, 2.24) is 4.90 Å². The van der Waals surface area contributed by atoms with Crippen LogP contribution < -0.4 is 10.5 Å². The second kappa shape index (κ2) is 8.85. The first-order valence-electron chi connectivity index (χ1n) is 9.28. The fourth-order valence-electron chi connectivity index (χ4n) is 2.69. The van der Waals surface area contributed by atoms with E-state index in [-0.39, 0.29) is 16.8 Å². The molecule has 2 aromatic rings. The molecule has 2 rings (SSSR count). The third-order valence-electron chi connectivity index (χ3n) is 4.35. The van der Waals surface area contributed by atoms with Gasteiger partial charge < -0.3 is 9.64 Å². The van der Waals surface area contributed by atoms with Crippen molar-refractivity contribution in [3.05, 3.63) is 59.7 Å². The molecular weight excluding hydrogens is 406 g/mol. The average molecular weight is 434 g/mol. The Morgan fingerprint density at radius 1 is 1.10 bits per heavy atom. The van der Waals surface area contributed by atoms with Crippen LogP contribution in [0.2, 0.25) is 0 Å². The molecule has 0 spiro atoms. The van der Waals surface area contributed by atoms with Gasteiger partial charge in [-0.25, -0.2) is 18.4 Å². The lowest BCUT2D eigenvalue weighted by molar-refractivity contribution is 0.0634. The normalized spacial score (nSPS) is 12.7. The van der Waals surface area contributed by atoms with Crippen LogP contribution in [-0.2, 0) is 14.8 Å². The number of carbonyl (C=O) groups excluding carboxylic acids is 2. The van der Waals surface area contributed by atoms with Crippen molar-refractivity contribution in [2.75, 3.05) is 12.4 Å². The van der Waals surface area contributed by atoms with E-state index in [1.807, 2.05) is 6.92 Å². The second-order valence-corrected chi connectivity index (χ2v) is 9.48. The van der Waals surface area contributed by atoms with Gasteiger partial charge in [0.1, 0.15) is 5.60 Å². The van der Waals surface area contributed by atoms with Crippen LogP contribution in [-0.4, -0.2) is 38.0 Å². The summed E-state index contributed by atoms with van der Waals surface area (Å²) in [4.78, 5) is 26.4. The van der Waals surface area contributed by atoms with Crippen LogP contribution in [0.4, 0.5) is 10.5 Å². The lowest BCUT2D eigenvalue weighted by atomic mass is 10.1. The predicted octanol–water partition coefficient (Wildman–Crippen LogP) is 3.51. The summed E-state index contributed by atoms with van der Waals surface area (Å²) in [5.41, 5.74) is 0.945. The summed E-state index contributed by atoms with van der Waals surface area (Å²) in [5.74, 6) is -0.258. The van der Waals surface area contributed by atoms with Gasteiger partial charge in [-0.3, -0.25) is 10.1 Å². The Labute approximate surface area is 177 Å². The smallest absolute Gasteiger partial charge is 0.412 e. The van der Waals surface area contributed by atoms with Gasteiger partial charge in [-0.2, -0.15) is 0 Å². The molecule has 0 saturated carbocycles. The van der Waals surface area contributed by atoms with Gasteiger partial charge in [0.05, 0.1) is 10.9 Å². The Hall–Kier alpha value is -2.91. The summed E-state index contributed by atoms with van der Waals surface area (Å²) < 4.78 is 28.0. The summed E-state index contributed by atoms with van der Waals surface area (Å²) >= 11 is 0. The highest BCUT2D eigenvalue weighted by Crippen LogP contribution is 2.23. The first-order chi connectivity index (χ1) is 13.8. The van der Waals surface area contributed by atoms with Crippen molar-refractivity contribution in [2.45, 2.75) is 44.2 Å². The SMILES string of the molecule is CC(c1ccc(S(N)(=O)=O)cc1)N(C)C(=O)c1cccc(NC(=O)OC(C)(C)C)c1. The quantitative estimate of drug-likeness (QED) is 0.748. The van der Waals surface area contributed by atoms with E-state index in [1.165, 1.54) is 17.0 Å². The van der Waals surface area contributed by atoms with Gasteiger partial charge in [-0.1, -0.05) is 18.2 Å². The minimum atomic E-state index is -3.78. The number of nitrogens with zero attached hydrogens (tertiary/aromatic N) is 1. The van der Waals surface area contributed by atoms with Crippen LogP contribution in [0.25, 0.3) is 0 Å². The molecule has 0 saturated heterocycles. The number of rotatable bonds is 5. The van der Waals surface area contributed by atoms with E-state index in [1.54, 1.807) is 64.2 Å². The number of amides is 2. The molecule has 3 N–H and O–H groups in total. The van der Waals surface area contributed by atoms with Crippen LogP contribution >= 0.6 is 0 Å². The molecule has 162 valence electrons. The molecule has 0 radical (unpaired) electrons. The van der Waals surface area contributed by atoms with Crippen molar-refractivity contribution in [3.8, 4) is 0 Å². The van der Waals surface area contributed by atoms with Crippen LogP contribution in [0.15, 0.2) is 53.4 Å². The second-order valence-electron chi connectivity index (χ2n) is 7.91. The third kappa shape index (κ3) is 6.30. The zero-order valence-corrected chi connectivity index (χ0v) is 18.5. The van der Waals surface area contributed by atoms with E-state index in [2.05, 4.69) is 5.32 Å². The lowest BCUT2D eigenvalue weighted by Gasteiger charge is -2.26. The number of benzene rings is 2. The fourth-order valence-corrected chi connectivity index (χ4v) is 3.21. The number of carbonyl (C=O) groups is 2. The summed E-state index contributed by atoms with van der Waals surface area (Å²) in [7, 11) is -2.13. The maximum absolute atomic E-state index is 12.9. The number of hydrogen-bond donors (Lipinski definition) is 2. The molecule has 0 aliphatic rings. The van der Waals surface area contributed by atoms with Crippen LogP contribution in [0.3, 0.4) is 0 Å². The molecule has 0 bridgehead atoms. The topological polar surface area (TPSA) is 119 Å². The molecule has 2 amide bonds. The van der Waals surface area contributed by atoms with Gasteiger partial charge in [0.25, 0.3) is 5.91 Å².